The third-order valence-corrected chi connectivity index (χ3v) is 4.11. The molecule has 0 unspecified atom stereocenters. The van der Waals surface area contributed by atoms with E-state index in [0.717, 1.165) is 47.5 Å². The first-order valence-electron chi connectivity index (χ1n) is 6.75. The van der Waals surface area contributed by atoms with E-state index in [-0.39, 0.29) is 6.10 Å². The molecule has 1 N–H and O–H groups in total. The molecule has 0 radical (unpaired) electrons. The summed E-state index contributed by atoms with van der Waals surface area (Å²) in [6, 6.07) is 12.0. The summed E-state index contributed by atoms with van der Waals surface area (Å²) < 4.78 is 1.05. The summed E-state index contributed by atoms with van der Waals surface area (Å²) in [4.78, 5) is 2.17. The summed E-state index contributed by atoms with van der Waals surface area (Å²) >= 11 is 3.42. The minimum absolute atomic E-state index is 0.166. The maximum atomic E-state index is 9.52. The van der Waals surface area contributed by atoms with Gasteiger partial charge in [-0.05, 0) is 37.1 Å². The van der Waals surface area contributed by atoms with Crippen molar-refractivity contribution in [3.8, 4) is 11.3 Å². The highest BCUT2D eigenvalue weighted by Crippen LogP contribution is 2.22. The number of piperidine rings is 1. The van der Waals surface area contributed by atoms with Crippen LogP contribution >= 0.6 is 15.9 Å². The Kier molecular flexibility index (Phi) is 3.98. The van der Waals surface area contributed by atoms with Crippen LogP contribution in [0.5, 0.6) is 0 Å². The van der Waals surface area contributed by atoms with Crippen LogP contribution in [0.15, 0.2) is 40.9 Å². The summed E-state index contributed by atoms with van der Waals surface area (Å²) in [5.41, 5.74) is 1.93. The molecule has 1 aliphatic heterocycles. The van der Waals surface area contributed by atoms with Crippen molar-refractivity contribution in [1.82, 2.24) is 10.2 Å². The highest BCUT2D eigenvalue weighted by molar-refractivity contribution is 9.10. The monoisotopic (exact) mass is 333 g/mol. The van der Waals surface area contributed by atoms with Crippen molar-refractivity contribution in [2.75, 3.05) is 18.0 Å². The van der Waals surface area contributed by atoms with Crippen LogP contribution in [-0.4, -0.2) is 34.5 Å². The molecule has 0 aliphatic carbocycles. The predicted octanol–water partition coefficient (Wildman–Crippen LogP) is 2.87. The van der Waals surface area contributed by atoms with E-state index in [2.05, 4.69) is 31.0 Å². The lowest BCUT2D eigenvalue weighted by Gasteiger charge is -2.30. The zero-order chi connectivity index (χ0) is 13.9. The van der Waals surface area contributed by atoms with Crippen molar-refractivity contribution in [2.45, 2.75) is 18.9 Å². The van der Waals surface area contributed by atoms with E-state index in [1.165, 1.54) is 0 Å². The Morgan fingerprint density at radius 3 is 2.30 bits per heavy atom. The van der Waals surface area contributed by atoms with Crippen molar-refractivity contribution in [2.24, 2.45) is 0 Å². The van der Waals surface area contributed by atoms with Gasteiger partial charge in [0.25, 0.3) is 0 Å². The van der Waals surface area contributed by atoms with Crippen LogP contribution in [0.25, 0.3) is 11.3 Å². The van der Waals surface area contributed by atoms with Crippen LogP contribution in [0.3, 0.4) is 0 Å². The van der Waals surface area contributed by atoms with Gasteiger partial charge < -0.3 is 10.0 Å². The third kappa shape index (κ3) is 2.99. The summed E-state index contributed by atoms with van der Waals surface area (Å²) in [5, 5.41) is 18.1. The van der Waals surface area contributed by atoms with Crippen molar-refractivity contribution in [3.05, 3.63) is 40.9 Å². The lowest BCUT2D eigenvalue weighted by Crippen LogP contribution is -2.36. The Hall–Kier alpha value is -1.46. The Bertz CT molecular complexity index is 563. The zero-order valence-electron chi connectivity index (χ0n) is 11.0. The van der Waals surface area contributed by atoms with Gasteiger partial charge in [0.2, 0.25) is 0 Å². The van der Waals surface area contributed by atoms with Crippen LogP contribution in [0.1, 0.15) is 12.8 Å². The Morgan fingerprint density at radius 2 is 1.70 bits per heavy atom. The van der Waals surface area contributed by atoms with E-state index >= 15 is 0 Å². The summed E-state index contributed by atoms with van der Waals surface area (Å²) in [6.45, 7) is 1.68. The number of aliphatic hydroxyl groups is 1. The Labute approximate surface area is 126 Å². The number of benzene rings is 1. The van der Waals surface area contributed by atoms with Crippen molar-refractivity contribution < 1.29 is 5.11 Å². The molecule has 0 bridgehead atoms. The Morgan fingerprint density at radius 1 is 1.00 bits per heavy atom. The van der Waals surface area contributed by atoms with Gasteiger partial charge in [-0.3, -0.25) is 0 Å². The van der Waals surface area contributed by atoms with E-state index in [0.29, 0.717) is 0 Å². The van der Waals surface area contributed by atoms with Crippen molar-refractivity contribution in [1.29, 1.82) is 0 Å². The number of hydrogen-bond donors (Lipinski definition) is 1. The lowest BCUT2D eigenvalue weighted by atomic mass is 10.1. The molecular weight excluding hydrogens is 318 g/mol. The smallest absolute Gasteiger partial charge is 0.151 e. The highest BCUT2D eigenvalue weighted by Gasteiger charge is 2.18. The largest absolute Gasteiger partial charge is 0.393 e. The summed E-state index contributed by atoms with van der Waals surface area (Å²) in [7, 11) is 0. The van der Waals surface area contributed by atoms with E-state index in [4.69, 9.17) is 0 Å². The van der Waals surface area contributed by atoms with E-state index in [1.807, 2.05) is 36.4 Å². The maximum Gasteiger partial charge on any atom is 0.151 e. The normalized spacial score (nSPS) is 16.4. The zero-order valence-corrected chi connectivity index (χ0v) is 12.6. The van der Waals surface area contributed by atoms with E-state index < -0.39 is 0 Å². The molecule has 2 aromatic rings. The topological polar surface area (TPSA) is 49.2 Å². The van der Waals surface area contributed by atoms with E-state index in [9.17, 15) is 5.11 Å². The van der Waals surface area contributed by atoms with Crippen LogP contribution in [0.4, 0.5) is 5.82 Å². The number of anilines is 1. The summed E-state index contributed by atoms with van der Waals surface area (Å²) in [5.74, 6) is 0.887. The van der Waals surface area contributed by atoms with Gasteiger partial charge >= 0.3 is 0 Å². The van der Waals surface area contributed by atoms with Crippen LogP contribution in [0, 0.1) is 0 Å². The van der Waals surface area contributed by atoms with Gasteiger partial charge in [-0.1, -0.05) is 28.1 Å². The predicted molar refractivity (Wildman–Crippen MR) is 82.6 cm³/mol. The number of aromatic nitrogens is 2. The standard InChI is InChI=1S/C15H16BrN3O/c16-12-3-1-11(2-4-12)14-5-6-15(18-17-14)19-9-7-13(20)8-10-19/h1-6,13,20H,7-10H2. The quantitative estimate of drug-likeness (QED) is 0.918. The molecule has 20 heavy (non-hydrogen) atoms. The lowest BCUT2D eigenvalue weighted by molar-refractivity contribution is 0.145. The second-order valence-corrected chi connectivity index (χ2v) is 5.92. The molecule has 0 saturated carbocycles. The molecule has 1 saturated heterocycles. The average molecular weight is 334 g/mol. The van der Waals surface area contributed by atoms with Crippen LogP contribution in [-0.2, 0) is 0 Å². The first kappa shape index (κ1) is 13.5. The highest BCUT2D eigenvalue weighted by atomic mass is 79.9. The fourth-order valence-corrected chi connectivity index (χ4v) is 2.63. The molecule has 0 atom stereocenters. The number of nitrogens with zero attached hydrogens (tertiary/aromatic N) is 3. The second-order valence-electron chi connectivity index (χ2n) is 5.00. The minimum Gasteiger partial charge on any atom is -0.393 e. The number of hydrogen-bond acceptors (Lipinski definition) is 4. The molecule has 5 heteroatoms. The number of rotatable bonds is 2. The SMILES string of the molecule is OC1CCN(c2ccc(-c3ccc(Br)cc3)nn2)CC1. The van der Waals surface area contributed by atoms with Gasteiger partial charge in [0.15, 0.2) is 5.82 Å². The van der Waals surface area contributed by atoms with Gasteiger partial charge in [0.1, 0.15) is 0 Å². The fraction of sp³-hybridized carbons (Fsp3) is 0.333. The molecule has 1 aromatic carbocycles. The Balaban J connectivity index is 1.76. The molecule has 0 spiro atoms. The molecule has 0 amide bonds. The van der Waals surface area contributed by atoms with Crippen molar-refractivity contribution in [3.63, 3.8) is 0 Å². The first-order valence-corrected chi connectivity index (χ1v) is 7.54. The third-order valence-electron chi connectivity index (χ3n) is 3.58. The second kappa shape index (κ2) is 5.89. The van der Waals surface area contributed by atoms with Gasteiger partial charge in [0, 0.05) is 23.1 Å². The average Bonchev–Trinajstić information content (AvgIpc) is 2.49. The number of halogens is 1. The number of aliphatic hydroxyl groups excluding tert-OH is 1. The fourth-order valence-electron chi connectivity index (χ4n) is 2.36. The van der Waals surface area contributed by atoms with Gasteiger partial charge in [0.05, 0.1) is 11.8 Å². The molecule has 104 valence electrons. The van der Waals surface area contributed by atoms with Gasteiger partial charge in [-0.2, -0.15) is 0 Å². The molecule has 1 aromatic heterocycles. The van der Waals surface area contributed by atoms with Crippen LogP contribution in [0.2, 0.25) is 0 Å². The first-order chi connectivity index (χ1) is 9.72. The molecule has 2 heterocycles. The van der Waals surface area contributed by atoms with Gasteiger partial charge in [-0.25, -0.2) is 0 Å². The van der Waals surface area contributed by atoms with Crippen LogP contribution < -0.4 is 4.90 Å². The summed E-state index contributed by atoms with van der Waals surface area (Å²) in [6.07, 6.45) is 1.44. The van der Waals surface area contributed by atoms with Crippen molar-refractivity contribution >= 4 is 21.7 Å². The minimum atomic E-state index is -0.166. The molecule has 1 fully saturated rings. The van der Waals surface area contributed by atoms with E-state index in [1.54, 1.807) is 0 Å². The maximum absolute atomic E-state index is 9.52. The molecule has 4 nitrogen and oxygen atoms in total. The molecular formula is C15H16BrN3O. The molecule has 1 aliphatic rings. The molecule has 3 rings (SSSR count). The van der Waals surface area contributed by atoms with Gasteiger partial charge in [-0.15, -0.1) is 10.2 Å².